The van der Waals surface area contributed by atoms with Crippen LogP contribution in [-0.4, -0.2) is 32.7 Å². The second-order valence-electron chi connectivity index (χ2n) is 7.35. The Morgan fingerprint density at radius 3 is 2.50 bits per heavy atom. The Hall–Kier alpha value is -3.45. The number of aryl methyl sites for hydroxylation is 1. The van der Waals surface area contributed by atoms with Gasteiger partial charge in [0.2, 0.25) is 0 Å². The van der Waals surface area contributed by atoms with E-state index in [2.05, 4.69) is 4.98 Å². The molecule has 0 bridgehead atoms. The summed E-state index contributed by atoms with van der Waals surface area (Å²) in [5.74, 6) is 1.15. The van der Waals surface area contributed by atoms with Gasteiger partial charge in [0.1, 0.15) is 11.6 Å². The van der Waals surface area contributed by atoms with Crippen LogP contribution in [0.1, 0.15) is 29.3 Å². The molecule has 0 saturated carbocycles. The Kier molecular flexibility index (Phi) is 6.37. The predicted molar refractivity (Wildman–Crippen MR) is 127 cm³/mol. The highest BCUT2D eigenvalue weighted by molar-refractivity contribution is 8.00. The van der Waals surface area contributed by atoms with Crippen LogP contribution in [0.15, 0.2) is 76.8 Å². The van der Waals surface area contributed by atoms with Gasteiger partial charge in [0, 0.05) is 11.8 Å². The molecule has 6 nitrogen and oxygen atoms in total. The zero-order chi connectivity index (χ0) is 22.7. The molecule has 0 saturated heterocycles. The van der Waals surface area contributed by atoms with E-state index in [0.29, 0.717) is 39.6 Å². The molecule has 32 heavy (non-hydrogen) atoms. The largest absolute Gasteiger partial charge is 0.497 e. The number of methoxy groups -OCH3 is 1. The van der Waals surface area contributed by atoms with Crippen LogP contribution < -0.4 is 10.3 Å². The van der Waals surface area contributed by atoms with Gasteiger partial charge in [0.05, 0.1) is 23.3 Å². The lowest BCUT2D eigenvalue weighted by atomic mass is 10.1. The molecule has 4 rings (SSSR count). The number of Topliss-reactive ketones (excluding diaryl/α,β-unsaturated/α-hetero) is 1. The molecule has 2 aromatic carbocycles. The van der Waals surface area contributed by atoms with Crippen molar-refractivity contribution in [1.29, 1.82) is 0 Å². The molecular weight excluding hydrogens is 422 g/mol. The van der Waals surface area contributed by atoms with E-state index < -0.39 is 5.25 Å². The summed E-state index contributed by atoms with van der Waals surface area (Å²) in [7, 11) is 1.59. The number of para-hydroxylation sites is 1. The number of carbonyl (C=O) groups is 1. The molecule has 0 aliphatic rings. The number of ether oxygens (including phenoxy) is 1. The number of ketones is 1. The monoisotopic (exact) mass is 445 g/mol. The quantitative estimate of drug-likeness (QED) is 0.230. The highest BCUT2D eigenvalue weighted by Crippen LogP contribution is 2.29. The lowest BCUT2D eigenvalue weighted by Gasteiger charge is -2.17. The second kappa shape index (κ2) is 9.36. The van der Waals surface area contributed by atoms with E-state index in [1.54, 1.807) is 55.8 Å². The van der Waals surface area contributed by atoms with Crippen molar-refractivity contribution >= 4 is 28.4 Å². The number of pyridine rings is 1. The van der Waals surface area contributed by atoms with E-state index in [9.17, 15) is 9.59 Å². The predicted octanol–water partition coefficient (Wildman–Crippen LogP) is 4.85. The number of fused-ring (bicyclic) bond motifs is 1. The lowest BCUT2D eigenvalue weighted by molar-refractivity contribution is 0.0988. The van der Waals surface area contributed by atoms with E-state index in [-0.39, 0.29) is 11.3 Å². The van der Waals surface area contributed by atoms with Crippen LogP contribution in [0.3, 0.4) is 0 Å². The summed E-state index contributed by atoms with van der Waals surface area (Å²) in [4.78, 5) is 35.8. The number of hydrogen-bond acceptors (Lipinski definition) is 6. The summed E-state index contributed by atoms with van der Waals surface area (Å²) < 4.78 is 6.68. The Morgan fingerprint density at radius 1 is 1.09 bits per heavy atom. The first kappa shape index (κ1) is 21.8. The van der Waals surface area contributed by atoms with Gasteiger partial charge in [-0.1, -0.05) is 36.9 Å². The Bertz CT molecular complexity index is 1320. The first-order valence-electron chi connectivity index (χ1n) is 10.3. The highest BCUT2D eigenvalue weighted by atomic mass is 32.2. The zero-order valence-electron chi connectivity index (χ0n) is 18.1. The van der Waals surface area contributed by atoms with Crippen molar-refractivity contribution in [3.63, 3.8) is 0 Å². The molecule has 0 radical (unpaired) electrons. The third-order valence-electron chi connectivity index (χ3n) is 5.16. The summed E-state index contributed by atoms with van der Waals surface area (Å²) in [5.41, 5.74) is 1.97. The third kappa shape index (κ3) is 4.29. The summed E-state index contributed by atoms with van der Waals surface area (Å²) in [6.07, 6.45) is 2.30. The fourth-order valence-electron chi connectivity index (χ4n) is 3.38. The molecule has 4 aromatic rings. The van der Waals surface area contributed by atoms with Crippen LogP contribution >= 0.6 is 11.8 Å². The lowest BCUT2D eigenvalue weighted by Crippen LogP contribution is -2.25. The maximum atomic E-state index is 13.4. The van der Waals surface area contributed by atoms with Gasteiger partial charge < -0.3 is 4.74 Å². The molecule has 0 amide bonds. The van der Waals surface area contributed by atoms with Gasteiger partial charge >= 0.3 is 0 Å². The Balaban J connectivity index is 1.79. The maximum Gasteiger partial charge on any atom is 0.267 e. The normalized spacial score (nSPS) is 12.0. The molecule has 0 aliphatic heterocycles. The summed E-state index contributed by atoms with van der Waals surface area (Å²) in [5, 5.41) is 0.542. The number of aromatic nitrogens is 3. The van der Waals surface area contributed by atoms with E-state index in [0.717, 1.165) is 5.56 Å². The van der Waals surface area contributed by atoms with E-state index in [1.165, 1.54) is 16.3 Å². The molecule has 1 unspecified atom stereocenters. The smallest absolute Gasteiger partial charge is 0.267 e. The minimum atomic E-state index is -0.409. The molecule has 2 aromatic heterocycles. The maximum absolute atomic E-state index is 13.4. The minimum Gasteiger partial charge on any atom is -0.497 e. The number of carbonyl (C=O) groups excluding carboxylic acids is 1. The molecule has 162 valence electrons. The van der Waals surface area contributed by atoms with Crippen molar-refractivity contribution in [2.24, 2.45) is 0 Å². The standard InChI is InChI=1S/C25H23N3O3S/c1-4-21(23(29)17-10-12-18(31-3)13-11-17)32-25-27-20-8-6-5-7-19(20)24(30)28(25)22-14-9-16(2)15-26-22/h5-15,21H,4H2,1-3H3. The molecule has 0 fully saturated rings. The summed E-state index contributed by atoms with van der Waals surface area (Å²) in [6.45, 7) is 3.89. The second-order valence-corrected chi connectivity index (χ2v) is 8.52. The summed E-state index contributed by atoms with van der Waals surface area (Å²) >= 11 is 1.29. The molecule has 1 atom stereocenters. The molecule has 2 heterocycles. The number of benzene rings is 2. The van der Waals surface area contributed by atoms with Gasteiger partial charge in [-0.3, -0.25) is 9.59 Å². The van der Waals surface area contributed by atoms with Crippen LogP contribution in [0.2, 0.25) is 0 Å². The molecule has 0 aliphatic carbocycles. The minimum absolute atomic E-state index is 0.0222. The van der Waals surface area contributed by atoms with E-state index in [1.807, 2.05) is 32.0 Å². The average Bonchev–Trinajstić information content (AvgIpc) is 2.83. The van der Waals surface area contributed by atoms with Gasteiger partial charge in [-0.2, -0.15) is 0 Å². The van der Waals surface area contributed by atoms with Gasteiger partial charge in [-0.15, -0.1) is 0 Å². The number of rotatable bonds is 7. The molecule has 7 heteroatoms. The number of nitrogens with zero attached hydrogens (tertiary/aromatic N) is 3. The van der Waals surface area contributed by atoms with Gasteiger partial charge in [-0.25, -0.2) is 14.5 Å². The Labute approximate surface area is 190 Å². The van der Waals surface area contributed by atoms with E-state index in [4.69, 9.17) is 9.72 Å². The van der Waals surface area contributed by atoms with Crippen molar-refractivity contribution < 1.29 is 9.53 Å². The highest BCUT2D eigenvalue weighted by Gasteiger charge is 2.24. The summed E-state index contributed by atoms with van der Waals surface area (Å²) in [6, 6.07) is 18.0. The zero-order valence-corrected chi connectivity index (χ0v) is 18.9. The van der Waals surface area contributed by atoms with Crippen LogP contribution in [0.25, 0.3) is 16.7 Å². The molecular formula is C25H23N3O3S. The van der Waals surface area contributed by atoms with Crippen molar-refractivity contribution in [1.82, 2.24) is 14.5 Å². The first-order chi connectivity index (χ1) is 15.5. The van der Waals surface area contributed by atoms with Crippen molar-refractivity contribution in [2.75, 3.05) is 7.11 Å². The van der Waals surface area contributed by atoms with Crippen molar-refractivity contribution in [2.45, 2.75) is 30.7 Å². The van der Waals surface area contributed by atoms with Gasteiger partial charge in [0.15, 0.2) is 10.9 Å². The molecule has 0 spiro atoms. The topological polar surface area (TPSA) is 74.1 Å². The van der Waals surface area contributed by atoms with E-state index >= 15 is 0 Å². The number of hydrogen-bond donors (Lipinski definition) is 0. The van der Waals surface area contributed by atoms with Gasteiger partial charge in [0.25, 0.3) is 5.56 Å². The van der Waals surface area contributed by atoms with Crippen LogP contribution in [0.4, 0.5) is 0 Å². The fourth-order valence-corrected chi connectivity index (χ4v) is 4.47. The Morgan fingerprint density at radius 2 is 1.84 bits per heavy atom. The SMILES string of the molecule is CCC(Sc1nc2ccccc2c(=O)n1-c1ccc(C)cn1)C(=O)c1ccc(OC)cc1. The first-order valence-corrected chi connectivity index (χ1v) is 11.2. The van der Waals surface area contributed by atoms with Crippen LogP contribution in [-0.2, 0) is 0 Å². The average molecular weight is 446 g/mol. The fraction of sp³-hybridized carbons (Fsp3) is 0.200. The third-order valence-corrected chi connectivity index (χ3v) is 6.47. The van der Waals surface area contributed by atoms with Crippen LogP contribution in [0.5, 0.6) is 5.75 Å². The molecule has 0 N–H and O–H groups in total. The van der Waals surface area contributed by atoms with Crippen LogP contribution in [0, 0.1) is 6.92 Å². The van der Waals surface area contributed by atoms with Gasteiger partial charge in [-0.05, 0) is 61.4 Å². The van der Waals surface area contributed by atoms with Crippen molar-refractivity contribution in [3.8, 4) is 11.6 Å². The van der Waals surface area contributed by atoms with Crippen molar-refractivity contribution in [3.05, 3.63) is 88.3 Å². The number of thioether (sulfide) groups is 1.